The number of hydrogen-bond donors (Lipinski definition) is 2. The van der Waals surface area contributed by atoms with Crippen LogP contribution >= 0.6 is 0 Å². The molecule has 0 spiro atoms. The lowest BCUT2D eigenvalue weighted by Crippen LogP contribution is -2.53. The summed E-state index contributed by atoms with van der Waals surface area (Å²) in [5, 5.41) is 12.6. The number of ether oxygens (including phenoxy) is 2. The monoisotopic (exact) mass is 443 g/mol. The minimum Gasteiger partial charge on any atom is -0.394 e. The molecule has 0 aromatic carbocycles. The van der Waals surface area contributed by atoms with Crippen LogP contribution in [0.1, 0.15) is 130 Å². The second-order valence-corrected chi connectivity index (χ2v) is 9.86. The molecule has 0 radical (unpaired) electrons. The van der Waals surface area contributed by atoms with Gasteiger partial charge in [-0.05, 0) is 27.2 Å². The van der Waals surface area contributed by atoms with Crippen molar-refractivity contribution in [3.05, 3.63) is 0 Å². The zero-order chi connectivity index (χ0) is 23.4. The van der Waals surface area contributed by atoms with Crippen LogP contribution in [0.25, 0.3) is 0 Å². The van der Waals surface area contributed by atoms with Gasteiger partial charge in [0.15, 0.2) is 5.79 Å². The van der Waals surface area contributed by atoms with Crippen molar-refractivity contribution in [3.8, 4) is 0 Å². The van der Waals surface area contributed by atoms with Crippen molar-refractivity contribution in [2.45, 2.75) is 142 Å². The van der Waals surface area contributed by atoms with Crippen LogP contribution in [0.15, 0.2) is 0 Å². The van der Waals surface area contributed by atoms with Gasteiger partial charge in [-0.1, -0.05) is 96.8 Å². The van der Waals surface area contributed by atoms with E-state index in [-0.39, 0.29) is 19.1 Å². The standard InChI is InChI=1S/C26H53NO4/c1-6-7-8-9-10-11-12-13-14-15-16-17-18-19-20-21-24(29)27-26(4,22-28)23-31-25(2,3)30-5/h28H,6-23H2,1-5H3,(H,27,29). The average Bonchev–Trinajstić information content (AvgIpc) is 2.75. The van der Waals surface area contributed by atoms with Crippen molar-refractivity contribution in [2.24, 2.45) is 0 Å². The molecule has 5 nitrogen and oxygen atoms in total. The Morgan fingerprint density at radius 2 is 1.19 bits per heavy atom. The smallest absolute Gasteiger partial charge is 0.220 e. The number of rotatable bonds is 22. The number of amides is 1. The van der Waals surface area contributed by atoms with Crippen LogP contribution < -0.4 is 5.32 Å². The third-order valence-corrected chi connectivity index (χ3v) is 6.03. The molecule has 0 rings (SSSR count). The number of methoxy groups -OCH3 is 1. The van der Waals surface area contributed by atoms with Crippen LogP contribution in [-0.4, -0.2) is 42.7 Å². The van der Waals surface area contributed by atoms with E-state index in [4.69, 9.17) is 9.47 Å². The molecule has 0 bridgehead atoms. The summed E-state index contributed by atoms with van der Waals surface area (Å²) in [4.78, 5) is 12.2. The molecule has 0 aromatic heterocycles. The molecule has 1 atom stereocenters. The molecule has 0 aliphatic rings. The van der Waals surface area contributed by atoms with E-state index in [2.05, 4.69) is 12.2 Å². The van der Waals surface area contributed by atoms with E-state index in [9.17, 15) is 9.90 Å². The number of unbranched alkanes of at least 4 members (excludes halogenated alkanes) is 14. The van der Waals surface area contributed by atoms with E-state index in [1.54, 1.807) is 14.0 Å². The fourth-order valence-electron chi connectivity index (χ4n) is 3.57. The third kappa shape index (κ3) is 18.6. The molecule has 0 saturated carbocycles. The highest BCUT2D eigenvalue weighted by molar-refractivity contribution is 5.76. The van der Waals surface area contributed by atoms with Gasteiger partial charge in [0.05, 0.1) is 18.8 Å². The maximum absolute atomic E-state index is 12.2. The van der Waals surface area contributed by atoms with E-state index in [0.29, 0.717) is 6.42 Å². The van der Waals surface area contributed by atoms with E-state index < -0.39 is 11.3 Å². The van der Waals surface area contributed by atoms with Gasteiger partial charge in [-0.25, -0.2) is 0 Å². The number of nitrogens with one attached hydrogen (secondary N) is 1. The second-order valence-electron chi connectivity index (χ2n) is 9.86. The van der Waals surface area contributed by atoms with Crippen molar-refractivity contribution >= 4 is 5.91 Å². The number of carbonyl (C=O) groups is 1. The fraction of sp³-hybridized carbons (Fsp3) is 0.962. The lowest BCUT2D eigenvalue weighted by Gasteiger charge is -2.33. The van der Waals surface area contributed by atoms with Gasteiger partial charge in [-0.15, -0.1) is 0 Å². The average molecular weight is 444 g/mol. The first-order valence-corrected chi connectivity index (χ1v) is 12.9. The van der Waals surface area contributed by atoms with Gasteiger partial charge < -0.3 is 19.9 Å². The van der Waals surface area contributed by atoms with Gasteiger partial charge in [-0.3, -0.25) is 4.79 Å². The summed E-state index contributed by atoms with van der Waals surface area (Å²) in [6, 6.07) is 0. The summed E-state index contributed by atoms with van der Waals surface area (Å²) in [6.45, 7) is 7.72. The van der Waals surface area contributed by atoms with E-state index in [1.807, 2.05) is 13.8 Å². The summed E-state index contributed by atoms with van der Waals surface area (Å²) in [5.74, 6) is -0.764. The number of carbonyl (C=O) groups excluding carboxylic acids is 1. The van der Waals surface area contributed by atoms with Crippen LogP contribution in [0.4, 0.5) is 0 Å². The van der Waals surface area contributed by atoms with E-state index in [1.165, 1.54) is 83.5 Å². The largest absolute Gasteiger partial charge is 0.394 e. The molecule has 1 amide bonds. The predicted molar refractivity (Wildman–Crippen MR) is 130 cm³/mol. The van der Waals surface area contributed by atoms with Crippen molar-refractivity contribution in [2.75, 3.05) is 20.3 Å². The molecule has 0 heterocycles. The van der Waals surface area contributed by atoms with Crippen LogP contribution in [0.5, 0.6) is 0 Å². The second kappa shape index (κ2) is 18.9. The molecular weight excluding hydrogens is 390 g/mol. The minimum absolute atomic E-state index is 0.0231. The lowest BCUT2D eigenvalue weighted by atomic mass is 10.0. The van der Waals surface area contributed by atoms with Gasteiger partial charge in [0, 0.05) is 13.5 Å². The summed E-state index contributed by atoms with van der Waals surface area (Å²) in [5.41, 5.74) is -0.789. The molecule has 1 unspecified atom stereocenters. The highest BCUT2D eigenvalue weighted by atomic mass is 16.7. The normalized spacial score (nSPS) is 13.9. The van der Waals surface area contributed by atoms with Crippen LogP contribution in [-0.2, 0) is 14.3 Å². The number of hydrogen-bond acceptors (Lipinski definition) is 4. The van der Waals surface area contributed by atoms with Crippen LogP contribution in [0, 0.1) is 0 Å². The van der Waals surface area contributed by atoms with E-state index >= 15 is 0 Å². The Hall–Kier alpha value is -0.650. The Morgan fingerprint density at radius 3 is 1.58 bits per heavy atom. The van der Waals surface area contributed by atoms with E-state index in [0.717, 1.165) is 12.8 Å². The molecule has 0 saturated heterocycles. The van der Waals surface area contributed by atoms with Crippen molar-refractivity contribution in [1.82, 2.24) is 5.32 Å². The summed E-state index contributed by atoms with van der Waals surface area (Å²) < 4.78 is 10.9. The van der Waals surface area contributed by atoms with Gasteiger partial charge >= 0.3 is 0 Å². The molecule has 5 heteroatoms. The zero-order valence-electron chi connectivity index (χ0n) is 21.4. The summed E-state index contributed by atoms with van der Waals surface area (Å²) in [6.07, 6.45) is 20.2. The Balaban J connectivity index is 3.60. The van der Waals surface area contributed by atoms with Crippen molar-refractivity contribution < 1.29 is 19.4 Å². The van der Waals surface area contributed by atoms with Crippen molar-refractivity contribution in [1.29, 1.82) is 0 Å². The molecule has 0 aromatic rings. The SMILES string of the molecule is CCCCCCCCCCCCCCCCCC(=O)NC(C)(CO)COC(C)(C)OC. The Morgan fingerprint density at radius 1 is 0.774 bits per heavy atom. The first-order valence-electron chi connectivity index (χ1n) is 12.9. The van der Waals surface area contributed by atoms with Gasteiger partial charge in [0.25, 0.3) is 0 Å². The number of aliphatic hydroxyl groups excluding tert-OH is 1. The van der Waals surface area contributed by atoms with Crippen molar-refractivity contribution in [3.63, 3.8) is 0 Å². The Kier molecular flexibility index (Phi) is 18.5. The Labute approximate surface area is 193 Å². The van der Waals surface area contributed by atoms with Gasteiger partial charge in [0.1, 0.15) is 0 Å². The van der Waals surface area contributed by atoms with Gasteiger partial charge in [-0.2, -0.15) is 0 Å². The minimum atomic E-state index is -0.789. The highest BCUT2D eigenvalue weighted by Crippen LogP contribution is 2.16. The topological polar surface area (TPSA) is 67.8 Å². The molecule has 0 aliphatic heterocycles. The first kappa shape index (κ1) is 30.4. The maximum atomic E-state index is 12.2. The summed E-state index contributed by atoms with van der Waals surface area (Å²) >= 11 is 0. The molecule has 31 heavy (non-hydrogen) atoms. The van der Waals surface area contributed by atoms with Crippen LogP contribution in [0.2, 0.25) is 0 Å². The zero-order valence-corrected chi connectivity index (χ0v) is 21.4. The first-order chi connectivity index (χ1) is 14.8. The summed E-state index contributed by atoms with van der Waals surface area (Å²) in [7, 11) is 1.57. The lowest BCUT2D eigenvalue weighted by molar-refractivity contribution is -0.208. The highest BCUT2D eigenvalue weighted by Gasteiger charge is 2.29. The molecule has 186 valence electrons. The Bertz CT molecular complexity index is 428. The molecular formula is C26H53NO4. The van der Waals surface area contributed by atoms with Crippen LogP contribution in [0.3, 0.4) is 0 Å². The molecule has 0 aliphatic carbocycles. The quantitative estimate of drug-likeness (QED) is 0.148. The molecule has 2 N–H and O–H groups in total. The fourth-order valence-corrected chi connectivity index (χ4v) is 3.57. The molecule has 0 fully saturated rings. The number of aliphatic hydroxyl groups is 1. The third-order valence-electron chi connectivity index (χ3n) is 6.03. The van der Waals surface area contributed by atoms with Gasteiger partial charge in [0.2, 0.25) is 5.91 Å². The predicted octanol–water partition coefficient (Wildman–Crippen LogP) is 6.51. The maximum Gasteiger partial charge on any atom is 0.220 e.